The Morgan fingerprint density at radius 3 is 2.52 bits per heavy atom. The van der Waals surface area contributed by atoms with E-state index in [-0.39, 0.29) is 11.2 Å². The van der Waals surface area contributed by atoms with Crippen LogP contribution in [0, 0.1) is 0 Å². The minimum absolute atomic E-state index is 0.00494. The van der Waals surface area contributed by atoms with Crippen molar-refractivity contribution in [2.75, 3.05) is 18.0 Å². The van der Waals surface area contributed by atoms with Crippen LogP contribution >= 0.6 is 0 Å². The average molecular weight is 364 g/mol. The molecule has 2 aromatic rings. The molecule has 2 aliphatic carbocycles. The van der Waals surface area contributed by atoms with Crippen molar-refractivity contribution >= 4 is 5.82 Å². The maximum absolute atomic E-state index is 6.61. The number of fused-ring (bicyclic) bond motifs is 1. The predicted octanol–water partition coefficient (Wildman–Crippen LogP) is 3.96. The van der Waals surface area contributed by atoms with Gasteiger partial charge < -0.3 is 9.64 Å². The molecule has 1 saturated carbocycles. The van der Waals surface area contributed by atoms with E-state index in [2.05, 4.69) is 23.7 Å². The Bertz CT molecular complexity index is 843. The van der Waals surface area contributed by atoms with Gasteiger partial charge in [0.15, 0.2) is 5.82 Å². The monoisotopic (exact) mass is 364 g/mol. The van der Waals surface area contributed by atoms with Gasteiger partial charge in [-0.25, -0.2) is 9.97 Å². The molecule has 2 aromatic heterocycles. The lowest BCUT2D eigenvalue weighted by Crippen LogP contribution is -2.59. The molecule has 1 saturated heterocycles. The Kier molecular flexibility index (Phi) is 3.97. The van der Waals surface area contributed by atoms with Crippen molar-refractivity contribution in [3.05, 3.63) is 35.8 Å². The van der Waals surface area contributed by atoms with Gasteiger partial charge in [-0.15, -0.1) is 0 Å². The van der Waals surface area contributed by atoms with Crippen molar-refractivity contribution < 1.29 is 4.74 Å². The number of aryl methyl sites for hydroxylation is 1. The molecule has 0 unspecified atom stereocenters. The molecule has 1 aliphatic heterocycles. The molecule has 0 amide bonds. The minimum atomic E-state index is -0.157. The van der Waals surface area contributed by atoms with Gasteiger partial charge in [-0.3, -0.25) is 4.98 Å². The first-order valence-electron chi connectivity index (χ1n) is 10.3. The van der Waals surface area contributed by atoms with E-state index in [0.29, 0.717) is 0 Å². The number of aromatic nitrogens is 3. The number of nitrogens with zero attached hydrogens (tertiary/aromatic N) is 4. The lowest BCUT2D eigenvalue weighted by atomic mass is 9.93. The van der Waals surface area contributed by atoms with E-state index in [1.165, 1.54) is 30.5 Å². The maximum atomic E-state index is 6.61. The zero-order valence-electron chi connectivity index (χ0n) is 16.4. The van der Waals surface area contributed by atoms with Gasteiger partial charge in [-0.05, 0) is 58.1 Å². The first-order valence-corrected chi connectivity index (χ1v) is 10.3. The van der Waals surface area contributed by atoms with Crippen molar-refractivity contribution in [3.63, 3.8) is 0 Å². The largest absolute Gasteiger partial charge is 0.365 e. The van der Waals surface area contributed by atoms with Gasteiger partial charge in [-0.1, -0.05) is 12.8 Å². The fraction of sp³-hybridized carbons (Fsp3) is 0.591. The van der Waals surface area contributed by atoms with Gasteiger partial charge in [-0.2, -0.15) is 0 Å². The third kappa shape index (κ3) is 3.12. The van der Waals surface area contributed by atoms with E-state index >= 15 is 0 Å². The summed E-state index contributed by atoms with van der Waals surface area (Å²) >= 11 is 0. The smallest absolute Gasteiger partial charge is 0.161 e. The number of anilines is 1. The Morgan fingerprint density at radius 1 is 0.963 bits per heavy atom. The number of morpholine rings is 1. The van der Waals surface area contributed by atoms with E-state index in [1.54, 1.807) is 0 Å². The molecule has 0 atom stereocenters. The second-order valence-electron chi connectivity index (χ2n) is 8.99. The highest BCUT2D eigenvalue weighted by molar-refractivity contribution is 5.61. The van der Waals surface area contributed by atoms with Crippen LogP contribution in [0.15, 0.2) is 24.5 Å². The molecule has 0 bridgehead atoms. The molecule has 3 heterocycles. The van der Waals surface area contributed by atoms with Crippen molar-refractivity contribution in [1.29, 1.82) is 0 Å². The number of hydrogen-bond acceptors (Lipinski definition) is 5. The predicted molar refractivity (Wildman–Crippen MR) is 106 cm³/mol. The molecule has 2 fully saturated rings. The average Bonchev–Trinajstić information content (AvgIpc) is 3.29. The van der Waals surface area contributed by atoms with Crippen molar-refractivity contribution in [2.45, 2.75) is 70.0 Å². The molecule has 5 rings (SSSR count). The Morgan fingerprint density at radius 2 is 1.74 bits per heavy atom. The van der Waals surface area contributed by atoms with Gasteiger partial charge in [0, 0.05) is 42.3 Å². The number of pyridine rings is 1. The quantitative estimate of drug-likeness (QED) is 0.807. The Balaban J connectivity index is 1.58. The molecule has 27 heavy (non-hydrogen) atoms. The third-order valence-electron chi connectivity index (χ3n) is 6.21. The lowest BCUT2D eigenvalue weighted by Gasteiger charge is -2.49. The summed E-state index contributed by atoms with van der Waals surface area (Å²) in [4.78, 5) is 16.6. The highest BCUT2D eigenvalue weighted by Crippen LogP contribution is 2.43. The van der Waals surface area contributed by atoms with Crippen LogP contribution in [0.25, 0.3) is 11.4 Å². The molecule has 1 spiro atoms. The Hall–Kier alpha value is -2.01. The molecule has 0 aromatic carbocycles. The van der Waals surface area contributed by atoms with Gasteiger partial charge >= 0.3 is 0 Å². The van der Waals surface area contributed by atoms with Gasteiger partial charge in [0.1, 0.15) is 5.82 Å². The molecular weight excluding hydrogens is 336 g/mol. The Labute approximate surface area is 161 Å². The summed E-state index contributed by atoms with van der Waals surface area (Å²) in [5.74, 6) is 1.98. The second kappa shape index (κ2) is 6.26. The van der Waals surface area contributed by atoms with Crippen LogP contribution in [0.5, 0.6) is 0 Å². The van der Waals surface area contributed by atoms with Crippen LogP contribution in [0.1, 0.15) is 57.2 Å². The second-order valence-corrected chi connectivity index (χ2v) is 8.99. The van der Waals surface area contributed by atoms with E-state index < -0.39 is 0 Å². The van der Waals surface area contributed by atoms with Crippen LogP contribution < -0.4 is 4.90 Å². The first kappa shape index (κ1) is 17.1. The highest BCUT2D eigenvalue weighted by atomic mass is 16.5. The molecule has 5 heteroatoms. The fourth-order valence-electron chi connectivity index (χ4n) is 5.25. The first-order chi connectivity index (χ1) is 13.0. The summed E-state index contributed by atoms with van der Waals surface area (Å²) in [6.07, 6.45) is 11.8. The van der Waals surface area contributed by atoms with Crippen LogP contribution in [-0.4, -0.2) is 39.2 Å². The summed E-state index contributed by atoms with van der Waals surface area (Å²) in [7, 11) is 0. The summed E-state index contributed by atoms with van der Waals surface area (Å²) in [6, 6.07) is 4.00. The van der Waals surface area contributed by atoms with Gasteiger partial charge in [0.05, 0.1) is 11.2 Å². The zero-order valence-corrected chi connectivity index (χ0v) is 16.4. The van der Waals surface area contributed by atoms with Gasteiger partial charge in [0.25, 0.3) is 0 Å². The lowest BCUT2D eigenvalue weighted by molar-refractivity contribution is -0.148. The van der Waals surface area contributed by atoms with Crippen molar-refractivity contribution in [2.24, 2.45) is 0 Å². The van der Waals surface area contributed by atoms with E-state index in [9.17, 15) is 0 Å². The van der Waals surface area contributed by atoms with Crippen LogP contribution in [0.4, 0.5) is 5.82 Å². The van der Waals surface area contributed by atoms with Gasteiger partial charge in [0.2, 0.25) is 0 Å². The van der Waals surface area contributed by atoms with Crippen LogP contribution in [0.3, 0.4) is 0 Å². The normalized spacial score (nSPS) is 23.0. The molecule has 0 radical (unpaired) electrons. The number of hydrogen-bond donors (Lipinski definition) is 0. The fourth-order valence-corrected chi connectivity index (χ4v) is 5.25. The summed E-state index contributed by atoms with van der Waals surface area (Å²) < 4.78 is 6.61. The number of rotatable bonds is 2. The van der Waals surface area contributed by atoms with E-state index in [4.69, 9.17) is 14.7 Å². The molecule has 0 N–H and O–H groups in total. The van der Waals surface area contributed by atoms with Crippen LogP contribution in [-0.2, 0) is 17.6 Å². The number of ether oxygens (including phenoxy) is 1. The van der Waals surface area contributed by atoms with Crippen molar-refractivity contribution in [1.82, 2.24) is 15.0 Å². The van der Waals surface area contributed by atoms with E-state index in [1.807, 2.05) is 24.5 Å². The summed E-state index contributed by atoms with van der Waals surface area (Å²) in [6.45, 7) is 6.29. The highest BCUT2D eigenvalue weighted by Gasteiger charge is 2.46. The minimum Gasteiger partial charge on any atom is -0.365 e. The van der Waals surface area contributed by atoms with Crippen LogP contribution in [0.2, 0.25) is 0 Å². The molecule has 142 valence electrons. The molecule has 3 aliphatic rings. The molecule has 5 nitrogen and oxygen atoms in total. The molecular formula is C22H28N4O. The standard InChI is InChI=1S/C22H28N4O/c1-21(2)14-26(15-22(27-21)10-3-4-11-22)20-17-6-5-7-18(17)24-19(25-20)16-8-12-23-13-9-16/h8-9,12-13H,3-7,10-11,14-15H2,1-2H3. The summed E-state index contributed by atoms with van der Waals surface area (Å²) in [5.41, 5.74) is 3.48. The third-order valence-corrected chi connectivity index (χ3v) is 6.21. The zero-order chi connectivity index (χ0) is 18.5. The summed E-state index contributed by atoms with van der Waals surface area (Å²) in [5, 5.41) is 0. The SMILES string of the molecule is CC1(C)CN(c2nc(-c3ccncc3)nc3c2CCC3)CC2(CCCC2)O1. The van der Waals surface area contributed by atoms with E-state index in [0.717, 1.165) is 56.0 Å². The topological polar surface area (TPSA) is 51.1 Å². The maximum Gasteiger partial charge on any atom is 0.161 e. The van der Waals surface area contributed by atoms with Crippen molar-refractivity contribution in [3.8, 4) is 11.4 Å².